The van der Waals surface area contributed by atoms with E-state index in [1.807, 2.05) is 0 Å². The molecule has 0 aliphatic rings. The molecular weight excluding hydrogens is 298 g/mol. The molecule has 0 bridgehead atoms. The molecule has 0 fully saturated rings. The standard InChI is InChI=1S/C12H19N3O5S/c1-14(6-4-5-11(16)20-3)12(17)10-7-9(8-15(10)2)21(13,18)19/h7-8H,4-6H2,1-3H3,(H2,13,18,19). The Bertz CT molecular complexity index is 635. The fourth-order valence-corrected chi connectivity index (χ4v) is 2.34. The Balaban J connectivity index is 2.75. The lowest BCUT2D eigenvalue weighted by atomic mass is 10.3. The van der Waals surface area contributed by atoms with E-state index in [1.165, 1.54) is 28.8 Å². The first kappa shape index (κ1) is 17.2. The minimum atomic E-state index is -3.85. The summed E-state index contributed by atoms with van der Waals surface area (Å²) in [6.45, 7) is 0.351. The summed E-state index contributed by atoms with van der Waals surface area (Å²) in [5.41, 5.74) is 0.208. The average molecular weight is 317 g/mol. The van der Waals surface area contributed by atoms with Crippen LogP contribution in [0.15, 0.2) is 17.2 Å². The summed E-state index contributed by atoms with van der Waals surface area (Å²) >= 11 is 0. The normalized spacial score (nSPS) is 11.2. The Kier molecular flexibility index (Phi) is 5.50. The van der Waals surface area contributed by atoms with Gasteiger partial charge in [0.05, 0.1) is 7.11 Å². The molecule has 0 aromatic carbocycles. The monoisotopic (exact) mass is 317 g/mol. The Labute approximate surface area is 123 Å². The maximum atomic E-state index is 12.2. The second-order valence-corrected chi connectivity index (χ2v) is 6.18. The van der Waals surface area contributed by atoms with Gasteiger partial charge in [-0.3, -0.25) is 9.59 Å². The molecule has 0 unspecified atom stereocenters. The molecule has 8 nitrogen and oxygen atoms in total. The number of aromatic nitrogens is 1. The van der Waals surface area contributed by atoms with Crippen molar-refractivity contribution in [3.63, 3.8) is 0 Å². The van der Waals surface area contributed by atoms with Gasteiger partial charge in [0.25, 0.3) is 5.91 Å². The molecule has 0 radical (unpaired) electrons. The highest BCUT2D eigenvalue weighted by atomic mass is 32.2. The molecule has 21 heavy (non-hydrogen) atoms. The summed E-state index contributed by atoms with van der Waals surface area (Å²) in [5, 5.41) is 5.03. The van der Waals surface area contributed by atoms with Crippen molar-refractivity contribution in [3.05, 3.63) is 18.0 Å². The third-order valence-electron chi connectivity index (χ3n) is 2.98. The number of carbonyl (C=O) groups excluding carboxylic acids is 2. The first-order valence-electron chi connectivity index (χ1n) is 6.18. The van der Waals surface area contributed by atoms with Gasteiger partial charge in [0.15, 0.2) is 0 Å². The fourth-order valence-electron chi connectivity index (χ4n) is 1.76. The van der Waals surface area contributed by atoms with Crippen molar-refractivity contribution in [3.8, 4) is 0 Å². The molecule has 0 aliphatic carbocycles. The zero-order chi connectivity index (χ0) is 16.2. The van der Waals surface area contributed by atoms with E-state index >= 15 is 0 Å². The molecule has 1 rings (SSSR count). The smallest absolute Gasteiger partial charge is 0.305 e. The van der Waals surface area contributed by atoms with Crippen LogP contribution in [-0.4, -0.2) is 50.5 Å². The summed E-state index contributed by atoms with van der Waals surface area (Å²) in [6.07, 6.45) is 1.95. The molecule has 9 heteroatoms. The molecule has 118 valence electrons. The van der Waals surface area contributed by atoms with Crippen LogP contribution in [0.5, 0.6) is 0 Å². The number of nitrogens with zero attached hydrogens (tertiary/aromatic N) is 2. The highest BCUT2D eigenvalue weighted by molar-refractivity contribution is 7.89. The molecule has 2 N–H and O–H groups in total. The fraction of sp³-hybridized carbons (Fsp3) is 0.500. The van der Waals surface area contributed by atoms with Crippen LogP contribution in [0.4, 0.5) is 0 Å². The highest BCUT2D eigenvalue weighted by Crippen LogP contribution is 2.13. The van der Waals surface area contributed by atoms with E-state index in [-0.39, 0.29) is 28.9 Å². The van der Waals surface area contributed by atoms with Crippen LogP contribution in [0.1, 0.15) is 23.3 Å². The zero-order valence-corrected chi connectivity index (χ0v) is 13.0. The second-order valence-electron chi connectivity index (χ2n) is 4.62. The van der Waals surface area contributed by atoms with Crippen molar-refractivity contribution in [2.24, 2.45) is 12.2 Å². The van der Waals surface area contributed by atoms with Gasteiger partial charge in [-0.25, -0.2) is 13.6 Å². The van der Waals surface area contributed by atoms with Crippen molar-refractivity contribution >= 4 is 21.9 Å². The van der Waals surface area contributed by atoms with Crippen molar-refractivity contribution in [1.29, 1.82) is 0 Å². The van der Waals surface area contributed by atoms with E-state index in [4.69, 9.17) is 5.14 Å². The first-order valence-corrected chi connectivity index (χ1v) is 7.73. The largest absolute Gasteiger partial charge is 0.469 e. The van der Waals surface area contributed by atoms with Gasteiger partial charge in [0.2, 0.25) is 10.0 Å². The molecule has 0 atom stereocenters. The number of esters is 1. The number of ether oxygens (including phenoxy) is 1. The number of hydrogen-bond donors (Lipinski definition) is 1. The van der Waals surface area contributed by atoms with Crippen LogP contribution in [0.25, 0.3) is 0 Å². The van der Waals surface area contributed by atoms with Crippen LogP contribution in [0, 0.1) is 0 Å². The molecule has 0 saturated carbocycles. The number of primary sulfonamides is 1. The summed E-state index contributed by atoms with van der Waals surface area (Å²) in [4.78, 5) is 24.5. The van der Waals surface area contributed by atoms with Gasteiger partial charge in [-0.1, -0.05) is 0 Å². The molecule has 0 spiro atoms. The van der Waals surface area contributed by atoms with Gasteiger partial charge >= 0.3 is 5.97 Å². The predicted octanol–water partition coefficient (Wildman–Crippen LogP) is -0.302. The summed E-state index contributed by atoms with van der Waals surface area (Å²) in [7, 11) is 0.586. The number of carbonyl (C=O) groups is 2. The van der Waals surface area contributed by atoms with Crippen molar-refractivity contribution in [2.75, 3.05) is 20.7 Å². The minimum absolute atomic E-state index is 0.115. The molecule has 1 aromatic rings. The maximum absolute atomic E-state index is 12.2. The van der Waals surface area contributed by atoms with E-state index < -0.39 is 10.0 Å². The van der Waals surface area contributed by atoms with E-state index in [0.717, 1.165) is 0 Å². The van der Waals surface area contributed by atoms with Crippen LogP contribution < -0.4 is 5.14 Å². The Morgan fingerprint density at radius 1 is 1.43 bits per heavy atom. The van der Waals surface area contributed by atoms with Gasteiger partial charge in [-0.05, 0) is 12.5 Å². The van der Waals surface area contributed by atoms with Crippen LogP contribution in [0.2, 0.25) is 0 Å². The number of amides is 1. The summed E-state index contributed by atoms with van der Waals surface area (Å²) in [6, 6.07) is 1.23. The second kappa shape index (κ2) is 6.72. The molecular formula is C12H19N3O5S. The van der Waals surface area contributed by atoms with E-state index in [2.05, 4.69) is 4.74 Å². The van der Waals surface area contributed by atoms with Gasteiger partial charge in [-0.2, -0.15) is 0 Å². The van der Waals surface area contributed by atoms with Crippen molar-refractivity contribution in [2.45, 2.75) is 17.7 Å². The number of methoxy groups -OCH3 is 1. The summed E-state index contributed by atoms with van der Waals surface area (Å²) < 4.78 is 28.4. The van der Waals surface area contributed by atoms with Gasteiger partial charge in [0.1, 0.15) is 10.6 Å². The van der Waals surface area contributed by atoms with Crippen molar-refractivity contribution < 1.29 is 22.7 Å². The lowest BCUT2D eigenvalue weighted by molar-refractivity contribution is -0.140. The van der Waals surface area contributed by atoms with Gasteiger partial charge < -0.3 is 14.2 Å². The molecule has 1 aromatic heterocycles. The Hall–Kier alpha value is -1.87. The van der Waals surface area contributed by atoms with Gasteiger partial charge in [-0.15, -0.1) is 0 Å². The molecule has 1 amide bonds. The number of aryl methyl sites for hydroxylation is 1. The number of rotatable bonds is 6. The lowest BCUT2D eigenvalue weighted by Crippen LogP contribution is -2.29. The lowest BCUT2D eigenvalue weighted by Gasteiger charge is -2.17. The average Bonchev–Trinajstić information content (AvgIpc) is 2.79. The highest BCUT2D eigenvalue weighted by Gasteiger charge is 2.20. The number of nitrogens with two attached hydrogens (primary N) is 1. The first-order chi connectivity index (χ1) is 9.66. The van der Waals surface area contributed by atoms with E-state index in [9.17, 15) is 18.0 Å². The Morgan fingerprint density at radius 2 is 2.05 bits per heavy atom. The molecule has 1 heterocycles. The molecule has 0 saturated heterocycles. The minimum Gasteiger partial charge on any atom is -0.469 e. The third kappa shape index (κ3) is 4.57. The van der Waals surface area contributed by atoms with Gasteiger partial charge in [0, 0.05) is 33.3 Å². The number of sulfonamides is 1. The zero-order valence-electron chi connectivity index (χ0n) is 12.2. The molecule has 0 aliphatic heterocycles. The van der Waals surface area contributed by atoms with E-state index in [0.29, 0.717) is 13.0 Å². The van der Waals surface area contributed by atoms with Crippen LogP contribution in [-0.2, 0) is 26.6 Å². The van der Waals surface area contributed by atoms with E-state index in [1.54, 1.807) is 14.1 Å². The maximum Gasteiger partial charge on any atom is 0.305 e. The topological polar surface area (TPSA) is 112 Å². The van der Waals surface area contributed by atoms with Crippen LogP contribution >= 0.6 is 0 Å². The SMILES string of the molecule is COC(=O)CCCN(C)C(=O)c1cc(S(N)(=O)=O)cn1C. The Morgan fingerprint density at radius 3 is 2.52 bits per heavy atom. The number of hydrogen-bond acceptors (Lipinski definition) is 5. The third-order valence-corrected chi connectivity index (χ3v) is 3.86. The predicted molar refractivity (Wildman–Crippen MR) is 75.0 cm³/mol. The van der Waals surface area contributed by atoms with Crippen molar-refractivity contribution in [1.82, 2.24) is 9.47 Å². The quantitative estimate of drug-likeness (QED) is 0.724. The van der Waals surface area contributed by atoms with Crippen LogP contribution in [0.3, 0.4) is 0 Å². The summed E-state index contributed by atoms with van der Waals surface area (Å²) in [5.74, 6) is -0.691.